The zero-order chi connectivity index (χ0) is 25.9. The summed E-state index contributed by atoms with van der Waals surface area (Å²) in [5, 5.41) is 9.96. The number of hydrogen-bond donors (Lipinski definition) is 1. The first-order valence-electron chi connectivity index (χ1n) is 12.3. The average Bonchev–Trinajstić information content (AvgIpc) is 2.76. The van der Waals surface area contributed by atoms with Gasteiger partial charge in [0.05, 0.1) is 13.2 Å². The maximum Gasteiger partial charge on any atom is 0.305 e. The van der Waals surface area contributed by atoms with Crippen LogP contribution < -0.4 is 0 Å². The Morgan fingerprint density at radius 2 is 1.71 bits per heavy atom. The molecule has 4 nitrogen and oxygen atoms in total. The van der Waals surface area contributed by atoms with Gasteiger partial charge in [0.1, 0.15) is 6.10 Å². The smallest absolute Gasteiger partial charge is 0.305 e. The van der Waals surface area contributed by atoms with Gasteiger partial charge < -0.3 is 14.3 Å². The second-order valence-corrected chi connectivity index (χ2v) is 14.4. The molecule has 0 unspecified atom stereocenters. The van der Waals surface area contributed by atoms with Crippen molar-refractivity contribution in [3.63, 3.8) is 0 Å². The Bertz CT molecular complexity index is 770. The average molecular weight is 487 g/mol. The highest BCUT2D eigenvalue weighted by atomic mass is 28.4. The minimum absolute atomic E-state index is 0.0113. The van der Waals surface area contributed by atoms with Crippen LogP contribution in [0.4, 0.5) is 0 Å². The molecule has 0 radical (unpaired) electrons. The number of ether oxygens (including phenoxy) is 1. The van der Waals surface area contributed by atoms with Crippen LogP contribution in [-0.4, -0.2) is 38.7 Å². The second kappa shape index (κ2) is 18.2. The maximum atomic E-state index is 11.1. The van der Waals surface area contributed by atoms with E-state index < -0.39 is 14.4 Å². The van der Waals surface area contributed by atoms with Crippen LogP contribution in [0, 0.1) is 11.8 Å². The third-order valence-electron chi connectivity index (χ3n) is 5.60. The lowest BCUT2D eigenvalue weighted by atomic mass is 10.2. The van der Waals surface area contributed by atoms with Crippen molar-refractivity contribution < 1.29 is 19.1 Å². The third kappa shape index (κ3) is 16.5. The Morgan fingerprint density at radius 1 is 1.03 bits per heavy atom. The Labute approximate surface area is 209 Å². The van der Waals surface area contributed by atoms with E-state index in [2.05, 4.69) is 81.7 Å². The number of allylic oxidation sites excluding steroid dienone is 7. The normalized spacial score (nSPS) is 14.9. The molecule has 0 amide bonds. The van der Waals surface area contributed by atoms with Crippen molar-refractivity contribution in [1.82, 2.24) is 0 Å². The minimum atomic E-state index is -1.91. The zero-order valence-corrected chi connectivity index (χ0v) is 23.3. The molecule has 5 heteroatoms. The molecule has 0 aliphatic carbocycles. The predicted molar refractivity (Wildman–Crippen MR) is 147 cm³/mol. The van der Waals surface area contributed by atoms with E-state index in [4.69, 9.17) is 4.43 Å². The van der Waals surface area contributed by atoms with Gasteiger partial charge in [-0.2, -0.15) is 0 Å². The quantitative estimate of drug-likeness (QED) is 0.0939. The number of aliphatic hydroxyl groups excluding tert-OH is 1. The van der Waals surface area contributed by atoms with Gasteiger partial charge in [0, 0.05) is 12.8 Å². The van der Waals surface area contributed by atoms with Gasteiger partial charge in [-0.05, 0) is 49.9 Å². The molecule has 1 N–H and O–H groups in total. The van der Waals surface area contributed by atoms with Crippen molar-refractivity contribution in [2.75, 3.05) is 7.11 Å². The van der Waals surface area contributed by atoms with E-state index in [-0.39, 0.29) is 17.1 Å². The summed E-state index contributed by atoms with van der Waals surface area (Å²) in [6.45, 7) is 13.3. The van der Waals surface area contributed by atoms with Crippen molar-refractivity contribution in [1.29, 1.82) is 0 Å². The van der Waals surface area contributed by atoms with Crippen LogP contribution in [0.25, 0.3) is 0 Å². The van der Waals surface area contributed by atoms with Gasteiger partial charge in [-0.25, -0.2) is 0 Å². The zero-order valence-electron chi connectivity index (χ0n) is 22.3. The Hall–Kier alpha value is -2.13. The van der Waals surface area contributed by atoms with E-state index in [1.807, 2.05) is 30.4 Å². The lowest BCUT2D eigenvalue weighted by molar-refractivity contribution is -0.140. The summed E-state index contributed by atoms with van der Waals surface area (Å²) < 4.78 is 11.2. The monoisotopic (exact) mass is 486 g/mol. The summed E-state index contributed by atoms with van der Waals surface area (Å²) in [6.07, 6.45) is 23.6. The molecule has 0 aromatic heterocycles. The highest BCUT2D eigenvalue weighted by molar-refractivity contribution is 6.74. The molecular formula is C29H46O4Si. The van der Waals surface area contributed by atoms with E-state index >= 15 is 0 Å². The van der Waals surface area contributed by atoms with Crippen LogP contribution in [0.1, 0.15) is 66.2 Å². The fourth-order valence-corrected chi connectivity index (χ4v) is 3.82. The van der Waals surface area contributed by atoms with Crippen LogP contribution in [0.3, 0.4) is 0 Å². The molecule has 0 aromatic rings. The number of esters is 1. The molecule has 0 aliphatic heterocycles. The molecule has 34 heavy (non-hydrogen) atoms. The summed E-state index contributed by atoms with van der Waals surface area (Å²) in [5.41, 5.74) is 0. The fraction of sp³-hybridized carbons (Fsp3) is 0.552. The maximum absolute atomic E-state index is 11.1. The van der Waals surface area contributed by atoms with Crippen molar-refractivity contribution in [3.05, 3.63) is 60.8 Å². The molecule has 0 spiro atoms. The van der Waals surface area contributed by atoms with E-state index in [0.717, 1.165) is 19.3 Å². The lowest BCUT2D eigenvalue weighted by Crippen LogP contribution is -2.43. The molecule has 0 heterocycles. The molecular weight excluding hydrogens is 440 g/mol. The standard InChI is InChI=1S/C29H46O4Si/c1-8-9-16-21-26(30)22-17-14-15-19-24-27(33-34(6,7)29(2,3)4)23-18-12-10-11-13-20-25-28(31)32-5/h9,11-16,18-19,24,26-27,30H,8,10,20-21,23,25H2,1-7H3/b13-11-,15-14+,16-9-,18-12-,24-19+/t26-,27+/m0/s1. The first-order valence-corrected chi connectivity index (χ1v) is 15.2. The molecule has 0 rings (SSSR count). The third-order valence-corrected chi connectivity index (χ3v) is 10.1. The highest BCUT2D eigenvalue weighted by Gasteiger charge is 2.38. The topological polar surface area (TPSA) is 55.8 Å². The van der Waals surface area contributed by atoms with E-state index in [1.165, 1.54) is 7.11 Å². The molecule has 0 aliphatic rings. The van der Waals surface area contributed by atoms with Gasteiger partial charge >= 0.3 is 5.97 Å². The van der Waals surface area contributed by atoms with Crippen molar-refractivity contribution in [3.8, 4) is 11.8 Å². The summed E-state index contributed by atoms with van der Waals surface area (Å²) in [7, 11) is -0.500. The number of methoxy groups -OCH3 is 1. The molecule has 2 atom stereocenters. The fourth-order valence-electron chi connectivity index (χ4n) is 2.53. The van der Waals surface area contributed by atoms with Crippen LogP contribution >= 0.6 is 0 Å². The van der Waals surface area contributed by atoms with Crippen molar-refractivity contribution >= 4 is 14.3 Å². The summed E-state index contributed by atoms with van der Waals surface area (Å²) in [6, 6.07) is 0. The van der Waals surface area contributed by atoms with Gasteiger partial charge in [0.2, 0.25) is 0 Å². The largest absolute Gasteiger partial charge is 0.469 e. The number of rotatable bonds is 14. The Balaban J connectivity index is 4.90. The van der Waals surface area contributed by atoms with Gasteiger partial charge in [-0.15, -0.1) is 0 Å². The van der Waals surface area contributed by atoms with E-state index in [9.17, 15) is 9.90 Å². The lowest BCUT2D eigenvalue weighted by Gasteiger charge is -2.38. The molecule has 0 bridgehead atoms. The van der Waals surface area contributed by atoms with Gasteiger partial charge in [0.25, 0.3) is 0 Å². The molecule has 190 valence electrons. The first kappa shape index (κ1) is 31.9. The summed E-state index contributed by atoms with van der Waals surface area (Å²) in [5.74, 6) is 5.54. The van der Waals surface area contributed by atoms with Crippen LogP contribution in [-0.2, 0) is 14.0 Å². The predicted octanol–water partition coefficient (Wildman–Crippen LogP) is 7.06. The molecule has 0 saturated carbocycles. The van der Waals surface area contributed by atoms with Crippen molar-refractivity contribution in [2.45, 2.75) is 96.6 Å². The van der Waals surface area contributed by atoms with Crippen LogP contribution in [0.15, 0.2) is 60.8 Å². The molecule has 0 fully saturated rings. The second-order valence-electron chi connectivity index (χ2n) is 9.61. The first-order chi connectivity index (χ1) is 16.0. The Kier molecular flexibility index (Phi) is 17.1. The Morgan fingerprint density at radius 3 is 2.35 bits per heavy atom. The minimum Gasteiger partial charge on any atom is -0.469 e. The van der Waals surface area contributed by atoms with Gasteiger partial charge in [-0.3, -0.25) is 4.79 Å². The number of carbonyl (C=O) groups is 1. The number of carbonyl (C=O) groups excluding carboxylic acids is 1. The van der Waals surface area contributed by atoms with E-state index in [0.29, 0.717) is 19.3 Å². The van der Waals surface area contributed by atoms with Gasteiger partial charge in [0.15, 0.2) is 8.32 Å². The van der Waals surface area contributed by atoms with Crippen LogP contribution in [0.5, 0.6) is 0 Å². The SMILES string of the molecule is CC/C=C\C[C@H](O)C#C/C=C/C=C/[C@@H](C/C=C\C/C=C\CCC(=O)OC)O[Si](C)(C)C(C)(C)C. The molecule has 0 aromatic carbocycles. The van der Waals surface area contributed by atoms with Gasteiger partial charge in [-0.1, -0.05) is 94.2 Å². The highest BCUT2D eigenvalue weighted by Crippen LogP contribution is 2.37. The number of aliphatic hydroxyl groups is 1. The summed E-state index contributed by atoms with van der Waals surface area (Å²) in [4.78, 5) is 11.1. The van der Waals surface area contributed by atoms with Crippen LogP contribution in [0.2, 0.25) is 18.1 Å². The summed E-state index contributed by atoms with van der Waals surface area (Å²) >= 11 is 0. The van der Waals surface area contributed by atoms with Crippen molar-refractivity contribution in [2.24, 2.45) is 0 Å². The van der Waals surface area contributed by atoms with E-state index in [1.54, 1.807) is 6.08 Å². The number of hydrogen-bond acceptors (Lipinski definition) is 4. The molecule has 0 saturated heterocycles.